The summed E-state index contributed by atoms with van der Waals surface area (Å²) in [4.78, 5) is 10.2. The number of rotatable bonds is 6. The number of hydrogen-bond acceptors (Lipinski definition) is 8. The van der Waals surface area contributed by atoms with E-state index in [9.17, 15) is 10.1 Å². The second-order valence-corrected chi connectivity index (χ2v) is 5.49. The predicted molar refractivity (Wildman–Crippen MR) is 93.1 cm³/mol. The fourth-order valence-electron chi connectivity index (χ4n) is 2.32. The van der Waals surface area contributed by atoms with Crippen LogP contribution in [0.2, 0.25) is 0 Å². The molecule has 0 N–H and O–H groups in total. The maximum atomic E-state index is 10.7. The molecule has 0 radical (unpaired) electrons. The van der Waals surface area contributed by atoms with Crippen LogP contribution in [-0.4, -0.2) is 22.2 Å². The zero-order valence-electron chi connectivity index (χ0n) is 14.4. The topological polar surface area (TPSA) is 124 Å². The van der Waals surface area contributed by atoms with Crippen LogP contribution in [0.25, 0.3) is 11.5 Å². The number of nitro benzene ring substituents is 1. The van der Waals surface area contributed by atoms with Crippen LogP contribution in [0, 0.1) is 21.4 Å². The first-order chi connectivity index (χ1) is 13.0. The smallest absolute Gasteiger partial charge is 0.269 e. The quantitative estimate of drug-likeness (QED) is 0.478. The molecule has 3 aromatic rings. The molecule has 0 aliphatic carbocycles. The Labute approximate surface area is 153 Å². The SMILES string of the molecule is COc1cc(C#N)ccc1O[C@@H](C)c1nnc(-c2ccc([N+](=O)[O-])cc2)o1. The highest BCUT2D eigenvalue weighted by atomic mass is 16.6. The molecule has 136 valence electrons. The van der Waals surface area contributed by atoms with Crippen LogP contribution in [0.1, 0.15) is 24.5 Å². The Morgan fingerprint density at radius 2 is 1.93 bits per heavy atom. The molecule has 1 heterocycles. The molecular formula is C18H14N4O5. The van der Waals surface area contributed by atoms with Gasteiger partial charge in [0, 0.05) is 23.8 Å². The normalized spacial score (nSPS) is 11.4. The second-order valence-electron chi connectivity index (χ2n) is 5.49. The lowest BCUT2D eigenvalue weighted by molar-refractivity contribution is -0.384. The molecule has 0 spiro atoms. The Bertz CT molecular complexity index is 1010. The van der Waals surface area contributed by atoms with Gasteiger partial charge in [0.05, 0.1) is 23.7 Å². The van der Waals surface area contributed by atoms with Crippen molar-refractivity contribution >= 4 is 5.69 Å². The van der Waals surface area contributed by atoms with Gasteiger partial charge in [0.15, 0.2) is 17.6 Å². The molecule has 27 heavy (non-hydrogen) atoms. The molecule has 0 aliphatic heterocycles. The van der Waals surface area contributed by atoms with Gasteiger partial charge in [0.2, 0.25) is 5.89 Å². The highest BCUT2D eigenvalue weighted by Crippen LogP contribution is 2.32. The first-order valence-corrected chi connectivity index (χ1v) is 7.85. The molecule has 1 atom stereocenters. The van der Waals surface area contributed by atoms with Crippen molar-refractivity contribution in [3.63, 3.8) is 0 Å². The van der Waals surface area contributed by atoms with Gasteiger partial charge in [-0.1, -0.05) is 0 Å². The Hall–Kier alpha value is -3.93. The van der Waals surface area contributed by atoms with Crippen molar-refractivity contribution in [1.82, 2.24) is 10.2 Å². The minimum Gasteiger partial charge on any atom is -0.493 e. The van der Waals surface area contributed by atoms with Gasteiger partial charge in [-0.25, -0.2) is 0 Å². The lowest BCUT2D eigenvalue weighted by Crippen LogP contribution is -2.04. The van der Waals surface area contributed by atoms with E-state index in [-0.39, 0.29) is 17.5 Å². The molecule has 9 heteroatoms. The van der Waals surface area contributed by atoms with E-state index in [2.05, 4.69) is 10.2 Å². The van der Waals surface area contributed by atoms with Gasteiger partial charge in [0.1, 0.15) is 0 Å². The van der Waals surface area contributed by atoms with Crippen LogP contribution in [0.4, 0.5) is 5.69 Å². The molecule has 0 aliphatic rings. The highest BCUT2D eigenvalue weighted by Gasteiger charge is 2.19. The predicted octanol–water partition coefficient (Wildman–Crippen LogP) is 3.67. The van der Waals surface area contributed by atoms with Crippen LogP contribution < -0.4 is 9.47 Å². The number of hydrogen-bond donors (Lipinski definition) is 0. The van der Waals surface area contributed by atoms with E-state index in [1.54, 1.807) is 25.1 Å². The molecule has 0 unspecified atom stereocenters. The fourth-order valence-corrected chi connectivity index (χ4v) is 2.32. The number of nitrogens with zero attached hydrogens (tertiary/aromatic N) is 4. The lowest BCUT2D eigenvalue weighted by Gasteiger charge is -2.14. The third kappa shape index (κ3) is 3.85. The van der Waals surface area contributed by atoms with Crippen molar-refractivity contribution in [1.29, 1.82) is 5.26 Å². The molecule has 9 nitrogen and oxygen atoms in total. The molecular weight excluding hydrogens is 352 g/mol. The Morgan fingerprint density at radius 3 is 2.56 bits per heavy atom. The van der Waals surface area contributed by atoms with Crippen molar-refractivity contribution in [2.24, 2.45) is 0 Å². The maximum Gasteiger partial charge on any atom is 0.269 e. The number of nitriles is 1. The maximum absolute atomic E-state index is 10.7. The third-order valence-electron chi connectivity index (χ3n) is 3.71. The van der Waals surface area contributed by atoms with Crippen molar-refractivity contribution in [2.45, 2.75) is 13.0 Å². The summed E-state index contributed by atoms with van der Waals surface area (Å²) < 4.78 is 16.6. The minimum atomic E-state index is -0.578. The summed E-state index contributed by atoms with van der Waals surface area (Å²) in [5.74, 6) is 1.30. The van der Waals surface area contributed by atoms with E-state index >= 15 is 0 Å². The van der Waals surface area contributed by atoms with Crippen molar-refractivity contribution in [2.75, 3.05) is 7.11 Å². The van der Waals surface area contributed by atoms with E-state index in [1.807, 2.05) is 6.07 Å². The zero-order valence-corrected chi connectivity index (χ0v) is 14.4. The molecule has 0 bridgehead atoms. The van der Waals surface area contributed by atoms with Crippen LogP contribution in [0.15, 0.2) is 46.9 Å². The van der Waals surface area contributed by atoms with Gasteiger partial charge in [-0.15, -0.1) is 10.2 Å². The first kappa shape index (κ1) is 17.9. The van der Waals surface area contributed by atoms with Crippen molar-refractivity contribution < 1.29 is 18.8 Å². The van der Waals surface area contributed by atoms with Gasteiger partial charge in [0.25, 0.3) is 11.6 Å². The number of methoxy groups -OCH3 is 1. The molecule has 0 saturated heterocycles. The molecule has 0 saturated carbocycles. The zero-order chi connectivity index (χ0) is 19.4. The summed E-state index contributed by atoms with van der Waals surface area (Å²) >= 11 is 0. The molecule has 3 rings (SSSR count). The van der Waals surface area contributed by atoms with Gasteiger partial charge in [-0.3, -0.25) is 10.1 Å². The third-order valence-corrected chi connectivity index (χ3v) is 3.71. The molecule has 2 aromatic carbocycles. The monoisotopic (exact) mass is 366 g/mol. The number of non-ortho nitro benzene ring substituents is 1. The van der Waals surface area contributed by atoms with E-state index in [4.69, 9.17) is 19.2 Å². The van der Waals surface area contributed by atoms with E-state index in [0.29, 0.717) is 22.6 Å². The average molecular weight is 366 g/mol. The number of nitro groups is 1. The van der Waals surface area contributed by atoms with E-state index in [0.717, 1.165) is 0 Å². The summed E-state index contributed by atoms with van der Waals surface area (Å²) in [7, 11) is 1.48. The lowest BCUT2D eigenvalue weighted by atomic mass is 10.2. The van der Waals surface area contributed by atoms with E-state index < -0.39 is 11.0 Å². The molecule has 1 aromatic heterocycles. The summed E-state index contributed by atoms with van der Waals surface area (Å²) in [6.07, 6.45) is -0.578. The van der Waals surface area contributed by atoms with Crippen LogP contribution in [0.3, 0.4) is 0 Å². The Balaban J connectivity index is 1.78. The summed E-state index contributed by atoms with van der Waals surface area (Å²) in [6.45, 7) is 1.73. The summed E-state index contributed by atoms with van der Waals surface area (Å²) in [6, 6.07) is 12.6. The minimum absolute atomic E-state index is 0.0249. The summed E-state index contributed by atoms with van der Waals surface area (Å²) in [5, 5.41) is 27.6. The standard InChI is InChI=1S/C18H14N4O5/c1-11(26-15-8-3-12(10-19)9-16(15)25-2)17-20-21-18(27-17)13-4-6-14(7-5-13)22(23)24/h3-9,11H,1-2H3/t11-/m0/s1. The van der Waals surface area contributed by atoms with Crippen molar-refractivity contribution in [3.05, 3.63) is 64.0 Å². The van der Waals surface area contributed by atoms with Crippen molar-refractivity contribution in [3.8, 4) is 29.0 Å². The molecule has 0 amide bonds. The second kappa shape index (κ2) is 7.53. The van der Waals surface area contributed by atoms with Gasteiger partial charge in [-0.2, -0.15) is 5.26 Å². The summed E-state index contributed by atoms with van der Waals surface area (Å²) in [5.41, 5.74) is 0.982. The van der Waals surface area contributed by atoms with Crippen LogP contribution >= 0.6 is 0 Å². The van der Waals surface area contributed by atoms with Crippen LogP contribution in [-0.2, 0) is 0 Å². The average Bonchev–Trinajstić information content (AvgIpc) is 3.18. The first-order valence-electron chi connectivity index (χ1n) is 7.85. The molecule has 0 fully saturated rings. The van der Waals surface area contributed by atoms with Crippen LogP contribution in [0.5, 0.6) is 11.5 Å². The Morgan fingerprint density at radius 1 is 1.19 bits per heavy atom. The van der Waals surface area contributed by atoms with Gasteiger partial charge in [-0.05, 0) is 31.2 Å². The highest BCUT2D eigenvalue weighted by molar-refractivity contribution is 5.55. The largest absolute Gasteiger partial charge is 0.493 e. The van der Waals surface area contributed by atoms with Gasteiger partial charge >= 0.3 is 0 Å². The number of ether oxygens (including phenoxy) is 2. The van der Waals surface area contributed by atoms with E-state index in [1.165, 1.54) is 31.4 Å². The van der Waals surface area contributed by atoms with Gasteiger partial charge < -0.3 is 13.9 Å². The number of aromatic nitrogens is 2. The Kier molecular flexibility index (Phi) is 4.99. The fraction of sp³-hybridized carbons (Fsp3) is 0.167. The number of benzene rings is 2.